The topological polar surface area (TPSA) is 30.2 Å². The third-order valence-corrected chi connectivity index (χ3v) is 4.88. The first kappa shape index (κ1) is 13.8. The first-order valence-corrected chi connectivity index (χ1v) is 8.21. The number of halogens is 1. The standard InChI is InChI=1S/C18H18ClN3/c1-12-15(11-13-7-3-2-4-8-13)18-20-16-10-6-5-9-14(16)17(19)22(18)21-12/h2-4,7-8H,5-6,9-11H2,1H3. The van der Waals surface area contributed by atoms with Gasteiger partial charge in [-0.25, -0.2) is 9.50 Å². The average Bonchev–Trinajstić information content (AvgIpc) is 2.86. The van der Waals surface area contributed by atoms with Gasteiger partial charge in [-0.05, 0) is 38.2 Å². The van der Waals surface area contributed by atoms with E-state index in [1.165, 1.54) is 29.5 Å². The summed E-state index contributed by atoms with van der Waals surface area (Å²) in [5.41, 5.74) is 6.75. The molecular weight excluding hydrogens is 294 g/mol. The van der Waals surface area contributed by atoms with E-state index in [1.807, 2.05) is 17.5 Å². The van der Waals surface area contributed by atoms with Crippen molar-refractivity contribution in [1.29, 1.82) is 0 Å². The van der Waals surface area contributed by atoms with Crippen molar-refractivity contribution in [2.24, 2.45) is 0 Å². The molecule has 0 saturated heterocycles. The zero-order chi connectivity index (χ0) is 15.1. The fourth-order valence-electron chi connectivity index (χ4n) is 3.30. The summed E-state index contributed by atoms with van der Waals surface area (Å²) < 4.78 is 1.83. The van der Waals surface area contributed by atoms with Crippen LogP contribution in [-0.2, 0) is 19.3 Å². The Hall–Kier alpha value is -1.87. The smallest absolute Gasteiger partial charge is 0.160 e. The Kier molecular flexibility index (Phi) is 3.38. The molecule has 2 heterocycles. The van der Waals surface area contributed by atoms with Crippen molar-refractivity contribution in [2.45, 2.75) is 39.0 Å². The van der Waals surface area contributed by atoms with Gasteiger partial charge in [-0.1, -0.05) is 41.9 Å². The molecule has 1 aliphatic carbocycles. The van der Waals surface area contributed by atoms with Crippen LogP contribution < -0.4 is 0 Å². The van der Waals surface area contributed by atoms with Gasteiger partial charge in [0.1, 0.15) is 5.15 Å². The summed E-state index contributed by atoms with van der Waals surface area (Å²) in [6.45, 7) is 2.04. The van der Waals surface area contributed by atoms with Crippen LogP contribution >= 0.6 is 11.6 Å². The van der Waals surface area contributed by atoms with Crippen LogP contribution in [0.5, 0.6) is 0 Å². The SMILES string of the molecule is Cc1nn2c(Cl)c3c(nc2c1Cc1ccccc1)CCCC3. The van der Waals surface area contributed by atoms with Gasteiger partial charge >= 0.3 is 0 Å². The van der Waals surface area contributed by atoms with E-state index in [0.29, 0.717) is 0 Å². The summed E-state index contributed by atoms with van der Waals surface area (Å²) in [6.07, 6.45) is 5.29. The molecule has 1 aliphatic rings. The number of fused-ring (bicyclic) bond motifs is 2. The maximum absolute atomic E-state index is 6.61. The number of nitrogens with zero attached hydrogens (tertiary/aromatic N) is 3. The van der Waals surface area contributed by atoms with Crippen LogP contribution in [0.1, 0.15) is 40.9 Å². The van der Waals surface area contributed by atoms with Crippen molar-refractivity contribution < 1.29 is 0 Å². The summed E-state index contributed by atoms with van der Waals surface area (Å²) in [4.78, 5) is 4.91. The highest BCUT2D eigenvalue weighted by atomic mass is 35.5. The summed E-state index contributed by atoms with van der Waals surface area (Å²) in [5.74, 6) is 0. The van der Waals surface area contributed by atoms with Gasteiger partial charge in [-0.2, -0.15) is 5.10 Å². The van der Waals surface area contributed by atoms with E-state index in [-0.39, 0.29) is 0 Å². The lowest BCUT2D eigenvalue weighted by Gasteiger charge is -2.16. The second-order valence-corrected chi connectivity index (χ2v) is 6.35. The Morgan fingerprint density at radius 3 is 2.73 bits per heavy atom. The molecule has 1 aromatic carbocycles. The minimum absolute atomic E-state index is 0.752. The molecular formula is C18H18ClN3. The number of aromatic nitrogens is 3. The molecule has 3 aromatic rings. The van der Waals surface area contributed by atoms with E-state index in [1.54, 1.807) is 0 Å². The Balaban J connectivity index is 1.88. The third kappa shape index (κ3) is 2.20. The molecule has 0 fully saturated rings. The Morgan fingerprint density at radius 2 is 1.91 bits per heavy atom. The van der Waals surface area contributed by atoms with Gasteiger partial charge in [0.15, 0.2) is 5.65 Å². The predicted molar refractivity (Wildman–Crippen MR) is 88.6 cm³/mol. The van der Waals surface area contributed by atoms with Crippen molar-refractivity contribution in [3.8, 4) is 0 Å². The normalized spacial score (nSPS) is 14.3. The Labute approximate surface area is 135 Å². The highest BCUT2D eigenvalue weighted by Crippen LogP contribution is 2.29. The molecule has 4 heteroatoms. The molecule has 0 unspecified atom stereocenters. The highest BCUT2D eigenvalue weighted by molar-refractivity contribution is 6.30. The van der Waals surface area contributed by atoms with Crippen molar-refractivity contribution in [3.05, 3.63) is 63.6 Å². The van der Waals surface area contributed by atoms with Gasteiger partial charge in [-0.3, -0.25) is 0 Å². The van der Waals surface area contributed by atoms with E-state index in [2.05, 4.69) is 29.4 Å². The third-order valence-electron chi connectivity index (χ3n) is 4.50. The first-order valence-electron chi connectivity index (χ1n) is 7.83. The van der Waals surface area contributed by atoms with E-state index in [4.69, 9.17) is 16.6 Å². The largest absolute Gasteiger partial charge is 0.233 e. The zero-order valence-electron chi connectivity index (χ0n) is 12.6. The maximum Gasteiger partial charge on any atom is 0.160 e. The molecule has 3 nitrogen and oxygen atoms in total. The second kappa shape index (κ2) is 5.40. The number of hydrogen-bond acceptors (Lipinski definition) is 2. The summed E-state index contributed by atoms with van der Waals surface area (Å²) in [7, 11) is 0. The molecule has 112 valence electrons. The van der Waals surface area contributed by atoms with Crippen LogP contribution in [0.4, 0.5) is 0 Å². The van der Waals surface area contributed by atoms with Crippen molar-refractivity contribution in [2.75, 3.05) is 0 Å². The van der Waals surface area contributed by atoms with Crippen LogP contribution in [0.2, 0.25) is 5.15 Å². The number of aryl methyl sites for hydroxylation is 2. The minimum atomic E-state index is 0.752. The fourth-order valence-corrected chi connectivity index (χ4v) is 3.62. The van der Waals surface area contributed by atoms with Gasteiger partial charge in [0.25, 0.3) is 0 Å². The van der Waals surface area contributed by atoms with Crippen molar-refractivity contribution in [3.63, 3.8) is 0 Å². The maximum atomic E-state index is 6.61. The lowest BCUT2D eigenvalue weighted by atomic mass is 9.97. The van der Waals surface area contributed by atoms with E-state index < -0.39 is 0 Å². The average molecular weight is 312 g/mol. The molecule has 0 aliphatic heterocycles. The van der Waals surface area contributed by atoms with Gasteiger partial charge in [0.2, 0.25) is 0 Å². The molecule has 2 aromatic heterocycles. The van der Waals surface area contributed by atoms with Crippen LogP contribution in [0.3, 0.4) is 0 Å². The van der Waals surface area contributed by atoms with Gasteiger partial charge in [-0.15, -0.1) is 0 Å². The number of benzene rings is 1. The molecule has 0 atom stereocenters. The van der Waals surface area contributed by atoms with Crippen molar-refractivity contribution >= 4 is 17.2 Å². The molecule has 0 bridgehead atoms. The molecule has 0 N–H and O–H groups in total. The van der Waals surface area contributed by atoms with Crippen molar-refractivity contribution in [1.82, 2.24) is 14.6 Å². The van der Waals surface area contributed by atoms with Gasteiger partial charge in [0.05, 0.1) is 5.69 Å². The quantitative estimate of drug-likeness (QED) is 0.665. The van der Waals surface area contributed by atoms with Crippen LogP contribution in [-0.4, -0.2) is 14.6 Å². The molecule has 4 rings (SSSR count). The number of hydrogen-bond donors (Lipinski definition) is 0. The summed E-state index contributed by atoms with van der Waals surface area (Å²) in [5, 5.41) is 5.39. The minimum Gasteiger partial charge on any atom is -0.233 e. The first-order chi connectivity index (χ1) is 10.7. The van der Waals surface area contributed by atoms with Gasteiger partial charge in [0, 0.05) is 23.2 Å². The zero-order valence-corrected chi connectivity index (χ0v) is 13.4. The fraction of sp³-hybridized carbons (Fsp3) is 0.333. The van der Waals surface area contributed by atoms with E-state index in [9.17, 15) is 0 Å². The van der Waals surface area contributed by atoms with Crippen LogP contribution in [0, 0.1) is 6.92 Å². The van der Waals surface area contributed by atoms with Crippen LogP contribution in [0.15, 0.2) is 30.3 Å². The molecule has 0 spiro atoms. The second-order valence-electron chi connectivity index (χ2n) is 6.00. The molecule has 0 amide bonds. The predicted octanol–water partition coefficient (Wildman–Crippen LogP) is 4.16. The summed E-state index contributed by atoms with van der Waals surface area (Å²) in [6, 6.07) is 10.5. The van der Waals surface area contributed by atoms with E-state index >= 15 is 0 Å². The van der Waals surface area contributed by atoms with E-state index in [0.717, 1.165) is 41.5 Å². The monoisotopic (exact) mass is 311 g/mol. The lowest BCUT2D eigenvalue weighted by Crippen LogP contribution is -2.10. The van der Waals surface area contributed by atoms with Crippen LogP contribution in [0.25, 0.3) is 5.65 Å². The molecule has 0 radical (unpaired) electrons. The van der Waals surface area contributed by atoms with Gasteiger partial charge < -0.3 is 0 Å². The molecule has 0 saturated carbocycles. The number of rotatable bonds is 2. The lowest BCUT2D eigenvalue weighted by molar-refractivity contribution is 0.659. The Bertz CT molecular complexity index is 837. The highest BCUT2D eigenvalue weighted by Gasteiger charge is 2.21. The summed E-state index contributed by atoms with van der Waals surface area (Å²) >= 11 is 6.61. The molecule has 22 heavy (non-hydrogen) atoms. The Morgan fingerprint density at radius 1 is 1.14 bits per heavy atom.